The van der Waals surface area contributed by atoms with E-state index in [9.17, 15) is 14.9 Å². The van der Waals surface area contributed by atoms with E-state index in [-0.39, 0.29) is 18.2 Å². The lowest BCUT2D eigenvalue weighted by Gasteiger charge is -2.57. The van der Waals surface area contributed by atoms with Crippen molar-refractivity contribution >= 4 is 33.4 Å². The first-order valence-corrected chi connectivity index (χ1v) is 11.2. The molecule has 7 nitrogen and oxygen atoms in total. The Hall–Kier alpha value is -2.05. The normalized spacial score (nSPS) is 38.4. The molecule has 5 aliphatic rings. The average molecular weight is 418 g/mol. The fourth-order valence-corrected chi connectivity index (χ4v) is 8.23. The molecule has 1 unspecified atom stereocenters. The monoisotopic (exact) mass is 417 g/mol. The zero-order chi connectivity index (χ0) is 19.9. The molecule has 0 radical (unpaired) electrons. The maximum atomic E-state index is 13.5. The third kappa shape index (κ3) is 1.97. The summed E-state index contributed by atoms with van der Waals surface area (Å²) in [5.74, 6) is 1.02. The summed E-state index contributed by atoms with van der Waals surface area (Å²) in [6.07, 6.45) is 0.290. The predicted octanol–water partition coefficient (Wildman–Crippen LogP) is 2.54. The number of carbonyl (C=O) groups excluding carboxylic acids is 2. The Labute approximate surface area is 170 Å². The van der Waals surface area contributed by atoms with Crippen molar-refractivity contribution in [1.82, 2.24) is 9.80 Å². The molecule has 2 amide bonds. The van der Waals surface area contributed by atoms with Crippen LogP contribution in [0.5, 0.6) is 11.5 Å². The number of piperazine rings is 1. The molecule has 5 heterocycles. The number of benzene rings is 1. The van der Waals surface area contributed by atoms with E-state index in [0.717, 1.165) is 5.56 Å². The van der Waals surface area contributed by atoms with Gasteiger partial charge in [-0.25, -0.2) is 0 Å². The molecule has 1 aromatic carbocycles. The van der Waals surface area contributed by atoms with E-state index in [1.807, 2.05) is 25.1 Å². The highest BCUT2D eigenvalue weighted by atomic mass is 33.1. The number of likely N-dealkylation sites (N-methyl/N-ethyl adjacent to an activating group) is 1. The van der Waals surface area contributed by atoms with Crippen LogP contribution in [0.3, 0.4) is 0 Å². The summed E-state index contributed by atoms with van der Waals surface area (Å²) in [5, 5.41) is 10.1. The largest absolute Gasteiger partial charge is 0.486 e. The van der Waals surface area contributed by atoms with Gasteiger partial charge in [-0.05, 0) is 31.5 Å². The third-order valence-corrected chi connectivity index (χ3v) is 9.93. The van der Waals surface area contributed by atoms with Gasteiger partial charge in [-0.3, -0.25) is 9.59 Å². The highest BCUT2D eigenvalue weighted by Gasteiger charge is 2.74. The molecule has 4 fully saturated rings. The first-order valence-electron chi connectivity index (χ1n) is 9.06. The van der Waals surface area contributed by atoms with Crippen LogP contribution in [0.2, 0.25) is 0 Å². The molecule has 0 aromatic heterocycles. The van der Waals surface area contributed by atoms with Gasteiger partial charge >= 0.3 is 0 Å². The molecule has 0 saturated carbocycles. The molecular weight excluding hydrogens is 398 g/mol. The van der Waals surface area contributed by atoms with E-state index in [0.29, 0.717) is 24.7 Å². The smallest absolute Gasteiger partial charge is 0.261 e. The lowest BCUT2D eigenvalue weighted by Crippen LogP contribution is -2.73. The van der Waals surface area contributed by atoms with Crippen LogP contribution in [-0.2, 0) is 9.59 Å². The first-order chi connectivity index (χ1) is 13.3. The highest BCUT2D eigenvalue weighted by molar-refractivity contribution is 8.78. The topological polar surface area (TPSA) is 82.9 Å². The number of nitriles is 1. The Balaban J connectivity index is 1.69. The number of amides is 2. The van der Waals surface area contributed by atoms with Crippen molar-refractivity contribution in [1.29, 1.82) is 5.26 Å². The predicted molar refractivity (Wildman–Crippen MR) is 104 cm³/mol. The van der Waals surface area contributed by atoms with Gasteiger partial charge in [0.05, 0.1) is 17.5 Å². The van der Waals surface area contributed by atoms with Crippen LogP contribution in [0.1, 0.15) is 31.9 Å². The molecule has 4 atom stereocenters. The second-order valence-electron chi connectivity index (χ2n) is 7.98. The minimum atomic E-state index is -1.06. The number of fused-ring (bicyclic) bond motifs is 3. The van der Waals surface area contributed by atoms with Crippen molar-refractivity contribution in [2.75, 3.05) is 20.3 Å². The number of ether oxygens (including phenoxy) is 2. The molecule has 4 saturated heterocycles. The molecule has 5 aliphatic heterocycles. The standard InChI is InChI=1S/C19H19N3O4S2/c1-17(10-20)9-19-16(24)21(3)18(2,27-28-19)15(23)22(19)14(17)11-4-5-12-13(8-11)26-7-6-25-12/h4-5,8,14H,6-7,9H2,1-3H3/t14?,17-,18+,19+/m1/s1. The van der Waals surface area contributed by atoms with Crippen molar-refractivity contribution in [2.24, 2.45) is 5.41 Å². The second-order valence-corrected chi connectivity index (χ2v) is 10.8. The van der Waals surface area contributed by atoms with Crippen LogP contribution in [0.4, 0.5) is 0 Å². The molecule has 1 aromatic rings. The van der Waals surface area contributed by atoms with Gasteiger partial charge in [0.2, 0.25) is 0 Å². The van der Waals surface area contributed by atoms with Crippen molar-refractivity contribution < 1.29 is 19.1 Å². The number of hydrogen-bond donors (Lipinski definition) is 0. The van der Waals surface area contributed by atoms with E-state index in [2.05, 4.69) is 6.07 Å². The lowest BCUT2D eigenvalue weighted by molar-refractivity contribution is -0.164. The first kappa shape index (κ1) is 18.0. The third-order valence-electron chi connectivity index (χ3n) is 6.23. The van der Waals surface area contributed by atoms with Crippen LogP contribution in [-0.4, -0.2) is 51.6 Å². The van der Waals surface area contributed by atoms with Gasteiger partial charge < -0.3 is 19.3 Å². The number of hydrogen-bond acceptors (Lipinski definition) is 7. The molecule has 2 bridgehead atoms. The SMILES string of the molecule is CN1C(=O)[C@@]23C[C@](C)(C#N)C(c4ccc5c(c4)OCCO5)N2C(=O)[C@]1(C)SS3. The number of rotatable bonds is 1. The summed E-state index contributed by atoms with van der Waals surface area (Å²) in [6, 6.07) is 7.41. The number of nitrogens with zero attached hydrogens (tertiary/aromatic N) is 3. The molecule has 6 rings (SSSR count). The summed E-state index contributed by atoms with van der Waals surface area (Å²) in [7, 11) is 4.50. The van der Waals surface area contributed by atoms with Crippen molar-refractivity contribution in [2.45, 2.75) is 36.1 Å². The van der Waals surface area contributed by atoms with Crippen LogP contribution >= 0.6 is 21.6 Å². The molecule has 146 valence electrons. The summed E-state index contributed by atoms with van der Waals surface area (Å²) in [6.45, 7) is 4.56. The maximum Gasteiger partial charge on any atom is 0.261 e. The van der Waals surface area contributed by atoms with E-state index >= 15 is 0 Å². The zero-order valence-corrected chi connectivity index (χ0v) is 17.4. The van der Waals surface area contributed by atoms with E-state index in [1.54, 1.807) is 18.9 Å². The number of carbonyl (C=O) groups is 2. The van der Waals surface area contributed by atoms with Gasteiger partial charge in [-0.1, -0.05) is 27.7 Å². The highest BCUT2D eigenvalue weighted by Crippen LogP contribution is 2.69. The molecule has 1 spiro atoms. The van der Waals surface area contributed by atoms with Gasteiger partial charge in [-0.15, -0.1) is 0 Å². The van der Waals surface area contributed by atoms with Crippen LogP contribution in [0.25, 0.3) is 0 Å². The van der Waals surface area contributed by atoms with Gasteiger partial charge in [0.1, 0.15) is 13.2 Å². The van der Waals surface area contributed by atoms with Crippen molar-refractivity contribution in [3.05, 3.63) is 23.8 Å². The Morgan fingerprint density at radius 1 is 1.14 bits per heavy atom. The summed E-state index contributed by atoms with van der Waals surface area (Å²) >= 11 is 0. The molecule has 0 N–H and O–H groups in total. The van der Waals surface area contributed by atoms with Crippen molar-refractivity contribution in [3.8, 4) is 17.6 Å². The van der Waals surface area contributed by atoms with Gasteiger partial charge in [0, 0.05) is 13.5 Å². The summed E-state index contributed by atoms with van der Waals surface area (Å²) in [4.78, 5) is 28.0. The molecule has 9 heteroatoms. The Kier molecular flexibility index (Phi) is 3.55. The van der Waals surface area contributed by atoms with Crippen LogP contribution in [0.15, 0.2) is 18.2 Å². The Bertz CT molecular complexity index is 965. The maximum absolute atomic E-state index is 13.5. The van der Waals surface area contributed by atoms with Gasteiger partial charge in [0.15, 0.2) is 21.2 Å². The molecule has 28 heavy (non-hydrogen) atoms. The van der Waals surface area contributed by atoms with E-state index < -0.39 is 21.2 Å². The average Bonchev–Trinajstić information content (AvgIpc) is 2.99. The molecule has 0 aliphatic carbocycles. The lowest BCUT2D eigenvalue weighted by atomic mass is 9.79. The van der Waals surface area contributed by atoms with Crippen LogP contribution < -0.4 is 9.47 Å². The summed E-state index contributed by atoms with van der Waals surface area (Å²) < 4.78 is 11.3. The molecular formula is C19H19N3O4S2. The van der Waals surface area contributed by atoms with Gasteiger partial charge in [-0.2, -0.15) is 5.26 Å². The minimum absolute atomic E-state index is 0.111. The fraction of sp³-hybridized carbons (Fsp3) is 0.526. The summed E-state index contributed by atoms with van der Waals surface area (Å²) in [5.41, 5.74) is -0.116. The quantitative estimate of drug-likeness (QED) is 0.650. The van der Waals surface area contributed by atoms with E-state index in [4.69, 9.17) is 9.47 Å². The second kappa shape index (κ2) is 5.51. The van der Waals surface area contributed by atoms with E-state index in [1.165, 1.54) is 26.5 Å². The Morgan fingerprint density at radius 2 is 1.86 bits per heavy atom. The van der Waals surface area contributed by atoms with Gasteiger partial charge in [0.25, 0.3) is 11.8 Å². The zero-order valence-electron chi connectivity index (χ0n) is 15.7. The van der Waals surface area contributed by atoms with Crippen molar-refractivity contribution in [3.63, 3.8) is 0 Å². The fourth-order valence-electron chi connectivity index (χ4n) is 4.65. The minimum Gasteiger partial charge on any atom is -0.486 e. The Morgan fingerprint density at radius 3 is 2.57 bits per heavy atom. The van der Waals surface area contributed by atoms with Crippen LogP contribution in [0, 0.1) is 16.7 Å².